The van der Waals surface area contributed by atoms with Crippen molar-refractivity contribution in [2.75, 3.05) is 6.61 Å². The van der Waals surface area contributed by atoms with Crippen LogP contribution in [0.15, 0.2) is 0 Å². The Kier molecular flexibility index (Phi) is 4.55. The van der Waals surface area contributed by atoms with Gasteiger partial charge in [-0.3, -0.25) is 0 Å². The van der Waals surface area contributed by atoms with Gasteiger partial charge in [-0.15, -0.1) is 0 Å². The van der Waals surface area contributed by atoms with Crippen LogP contribution in [0.2, 0.25) is 0 Å². The van der Waals surface area contributed by atoms with Crippen molar-refractivity contribution >= 4 is 0 Å². The summed E-state index contributed by atoms with van der Waals surface area (Å²) in [5.74, 6) is 0. The van der Waals surface area contributed by atoms with Crippen LogP contribution in [-0.2, 0) is 0 Å². The molecule has 5 heteroatoms. The second kappa shape index (κ2) is 4.63. The van der Waals surface area contributed by atoms with E-state index in [1.54, 1.807) is 0 Å². The van der Waals surface area contributed by atoms with Gasteiger partial charge in [0, 0.05) is 0 Å². The summed E-state index contributed by atoms with van der Waals surface area (Å²) in [5, 5.41) is 43.7. The second-order valence-corrected chi connectivity index (χ2v) is 2.47. The highest BCUT2D eigenvalue weighted by Crippen LogP contribution is 2.03. The van der Waals surface area contributed by atoms with Gasteiger partial charge in [0.2, 0.25) is 0 Å². The SMILES string of the molecule is C[C@H](O)[C@@H](O)C(O)C(O)CO. The first-order chi connectivity index (χ1) is 5.00. The van der Waals surface area contributed by atoms with Crippen molar-refractivity contribution in [1.82, 2.24) is 0 Å². The molecule has 0 aliphatic rings. The minimum atomic E-state index is -1.51. The predicted octanol–water partition coefficient (Wildman–Crippen LogP) is -2.56. The molecule has 0 aromatic rings. The van der Waals surface area contributed by atoms with E-state index >= 15 is 0 Å². The summed E-state index contributed by atoms with van der Waals surface area (Å²) in [7, 11) is 0. The molecule has 0 bridgehead atoms. The Morgan fingerprint density at radius 2 is 1.45 bits per heavy atom. The average Bonchev–Trinajstić information content (AvgIpc) is 2.00. The van der Waals surface area contributed by atoms with E-state index in [-0.39, 0.29) is 0 Å². The van der Waals surface area contributed by atoms with Crippen LogP contribution in [0, 0.1) is 0 Å². The molecule has 0 saturated heterocycles. The molecule has 0 aliphatic carbocycles. The Morgan fingerprint density at radius 3 is 1.73 bits per heavy atom. The van der Waals surface area contributed by atoms with Crippen molar-refractivity contribution in [3.05, 3.63) is 0 Å². The van der Waals surface area contributed by atoms with Gasteiger partial charge in [-0.1, -0.05) is 0 Å². The molecule has 0 rings (SSSR count). The molecule has 4 atom stereocenters. The van der Waals surface area contributed by atoms with Crippen LogP contribution in [-0.4, -0.2) is 56.6 Å². The summed E-state index contributed by atoms with van der Waals surface area (Å²) in [6.45, 7) is 0.628. The van der Waals surface area contributed by atoms with Gasteiger partial charge in [0.1, 0.15) is 18.3 Å². The first kappa shape index (κ1) is 10.8. The van der Waals surface area contributed by atoms with Crippen molar-refractivity contribution in [2.45, 2.75) is 31.3 Å². The molecular formula is C6H14O5. The highest BCUT2D eigenvalue weighted by atomic mass is 16.4. The van der Waals surface area contributed by atoms with E-state index in [0.717, 1.165) is 0 Å². The summed E-state index contributed by atoms with van der Waals surface area (Å²) in [6, 6.07) is 0. The lowest BCUT2D eigenvalue weighted by molar-refractivity contribution is -0.110. The molecule has 5 N–H and O–H groups in total. The van der Waals surface area contributed by atoms with E-state index in [1.807, 2.05) is 0 Å². The van der Waals surface area contributed by atoms with E-state index in [9.17, 15) is 0 Å². The van der Waals surface area contributed by atoms with E-state index in [2.05, 4.69) is 0 Å². The third kappa shape index (κ3) is 3.13. The highest BCUT2D eigenvalue weighted by molar-refractivity contribution is 4.77. The van der Waals surface area contributed by atoms with Gasteiger partial charge in [0.25, 0.3) is 0 Å². The van der Waals surface area contributed by atoms with E-state index < -0.39 is 31.0 Å². The lowest BCUT2D eigenvalue weighted by Crippen LogP contribution is -2.44. The molecular weight excluding hydrogens is 152 g/mol. The molecule has 68 valence electrons. The Hall–Kier alpha value is -0.200. The summed E-state index contributed by atoms with van der Waals surface area (Å²) < 4.78 is 0. The van der Waals surface area contributed by atoms with Gasteiger partial charge < -0.3 is 25.5 Å². The Bertz CT molecular complexity index is 105. The molecule has 0 aromatic carbocycles. The normalized spacial score (nSPS) is 22.4. The van der Waals surface area contributed by atoms with E-state index in [1.165, 1.54) is 6.92 Å². The standard InChI is InChI=1S/C6H14O5/c1-3(8)5(10)6(11)4(9)2-7/h3-11H,2H2,1H3/t3-,4?,5+,6?/m0/s1. The van der Waals surface area contributed by atoms with Gasteiger partial charge in [0.15, 0.2) is 0 Å². The van der Waals surface area contributed by atoms with Crippen molar-refractivity contribution in [1.29, 1.82) is 0 Å². The maximum absolute atomic E-state index is 8.94. The smallest absolute Gasteiger partial charge is 0.110 e. The zero-order valence-electron chi connectivity index (χ0n) is 6.25. The Labute approximate surface area is 64.5 Å². The van der Waals surface area contributed by atoms with Crippen LogP contribution in [0.1, 0.15) is 6.92 Å². The minimum absolute atomic E-state index is 0.648. The number of hydrogen-bond acceptors (Lipinski definition) is 5. The summed E-state index contributed by atoms with van der Waals surface area (Å²) in [5.41, 5.74) is 0. The second-order valence-electron chi connectivity index (χ2n) is 2.47. The molecule has 0 saturated carbocycles. The lowest BCUT2D eigenvalue weighted by atomic mass is 10.1. The molecule has 0 aliphatic heterocycles. The Balaban J connectivity index is 3.90. The molecule has 0 amide bonds. The topological polar surface area (TPSA) is 101 Å². The molecule has 11 heavy (non-hydrogen) atoms. The maximum Gasteiger partial charge on any atom is 0.110 e. The lowest BCUT2D eigenvalue weighted by Gasteiger charge is -2.23. The molecule has 0 radical (unpaired) electrons. The summed E-state index contributed by atoms with van der Waals surface area (Å²) in [4.78, 5) is 0. The average molecular weight is 166 g/mol. The largest absolute Gasteiger partial charge is 0.394 e. The fourth-order valence-corrected chi connectivity index (χ4v) is 0.621. The Morgan fingerprint density at radius 1 is 1.00 bits per heavy atom. The molecule has 0 heterocycles. The molecule has 0 fully saturated rings. The summed E-state index contributed by atoms with van der Waals surface area (Å²) >= 11 is 0. The highest BCUT2D eigenvalue weighted by Gasteiger charge is 2.27. The minimum Gasteiger partial charge on any atom is -0.394 e. The fourth-order valence-electron chi connectivity index (χ4n) is 0.621. The zero-order chi connectivity index (χ0) is 9.02. The van der Waals surface area contributed by atoms with E-state index in [4.69, 9.17) is 25.5 Å². The van der Waals surface area contributed by atoms with Gasteiger partial charge >= 0.3 is 0 Å². The van der Waals surface area contributed by atoms with Gasteiger partial charge in [-0.2, -0.15) is 0 Å². The maximum atomic E-state index is 8.94. The van der Waals surface area contributed by atoms with Crippen LogP contribution < -0.4 is 0 Å². The van der Waals surface area contributed by atoms with Crippen LogP contribution in [0.4, 0.5) is 0 Å². The number of aliphatic hydroxyl groups excluding tert-OH is 5. The van der Waals surface area contributed by atoms with Crippen LogP contribution in [0.25, 0.3) is 0 Å². The first-order valence-electron chi connectivity index (χ1n) is 3.33. The number of hydrogen-bond donors (Lipinski definition) is 5. The predicted molar refractivity (Wildman–Crippen MR) is 36.8 cm³/mol. The molecule has 2 unspecified atom stereocenters. The van der Waals surface area contributed by atoms with Crippen molar-refractivity contribution in [2.24, 2.45) is 0 Å². The zero-order valence-corrected chi connectivity index (χ0v) is 6.25. The number of rotatable bonds is 4. The number of aliphatic hydroxyl groups is 5. The van der Waals surface area contributed by atoms with Crippen molar-refractivity contribution in [3.63, 3.8) is 0 Å². The molecule has 0 aromatic heterocycles. The third-order valence-electron chi connectivity index (χ3n) is 1.43. The van der Waals surface area contributed by atoms with Crippen LogP contribution >= 0.6 is 0 Å². The van der Waals surface area contributed by atoms with Gasteiger partial charge in [0.05, 0.1) is 12.7 Å². The van der Waals surface area contributed by atoms with Gasteiger partial charge in [-0.25, -0.2) is 0 Å². The van der Waals surface area contributed by atoms with E-state index in [0.29, 0.717) is 0 Å². The molecule has 0 spiro atoms. The van der Waals surface area contributed by atoms with Crippen molar-refractivity contribution in [3.8, 4) is 0 Å². The van der Waals surface area contributed by atoms with Crippen LogP contribution in [0.3, 0.4) is 0 Å². The summed E-state index contributed by atoms with van der Waals surface area (Å²) in [6.07, 6.45) is -5.50. The first-order valence-corrected chi connectivity index (χ1v) is 3.33. The third-order valence-corrected chi connectivity index (χ3v) is 1.43. The van der Waals surface area contributed by atoms with Crippen molar-refractivity contribution < 1.29 is 25.5 Å². The van der Waals surface area contributed by atoms with Gasteiger partial charge in [-0.05, 0) is 6.92 Å². The molecule has 5 nitrogen and oxygen atoms in total. The fraction of sp³-hybridized carbons (Fsp3) is 1.00. The van der Waals surface area contributed by atoms with Crippen LogP contribution in [0.5, 0.6) is 0 Å². The monoisotopic (exact) mass is 166 g/mol. The quantitative estimate of drug-likeness (QED) is 0.316.